The first-order valence-electron chi connectivity index (χ1n) is 12.2. The SMILES string of the molecule is CN(C)C(C(=O)c1ccccc1)(C(=O)c1ccccc1)C(CN1CCOCC1)C(=O)c1ccccc1. The standard InChI is InChI=1S/C30H32N2O4/c1-31(2)30(28(34)24-14-8-4-9-15-24,29(35)25-16-10-5-11-17-25)26(22-32-18-20-36-21-19-32)27(33)23-12-6-3-7-13-23/h3-17,26H,18-22H2,1-2H3. The van der Waals surface area contributed by atoms with Crippen LogP contribution in [0.5, 0.6) is 0 Å². The number of hydrogen-bond donors (Lipinski definition) is 0. The molecule has 0 spiro atoms. The zero-order chi connectivity index (χ0) is 25.5. The third-order valence-corrected chi connectivity index (χ3v) is 6.89. The number of ketones is 3. The molecule has 0 saturated carbocycles. The smallest absolute Gasteiger partial charge is 0.191 e. The number of ether oxygens (including phenoxy) is 1. The number of morpholine rings is 1. The van der Waals surface area contributed by atoms with Gasteiger partial charge in [0.15, 0.2) is 22.9 Å². The minimum absolute atomic E-state index is 0.232. The van der Waals surface area contributed by atoms with Crippen LogP contribution in [0.2, 0.25) is 0 Å². The van der Waals surface area contributed by atoms with Gasteiger partial charge in [0.05, 0.1) is 19.1 Å². The van der Waals surface area contributed by atoms with Crippen molar-refractivity contribution in [2.45, 2.75) is 5.54 Å². The average molecular weight is 485 g/mol. The topological polar surface area (TPSA) is 66.9 Å². The van der Waals surface area contributed by atoms with Crippen LogP contribution < -0.4 is 0 Å². The molecular formula is C30H32N2O4. The number of benzene rings is 3. The Hall–Kier alpha value is -3.45. The highest BCUT2D eigenvalue weighted by atomic mass is 16.5. The zero-order valence-electron chi connectivity index (χ0n) is 20.8. The lowest BCUT2D eigenvalue weighted by atomic mass is 9.69. The highest BCUT2D eigenvalue weighted by Gasteiger charge is 2.57. The second kappa shape index (κ2) is 11.5. The van der Waals surface area contributed by atoms with Gasteiger partial charge < -0.3 is 4.74 Å². The van der Waals surface area contributed by atoms with Gasteiger partial charge >= 0.3 is 0 Å². The quantitative estimate of drug-likeness (QED) is 0.321. The Kier molecular flexibility index (Phi) is 8.21. The number of carbonyl (C=O) groups is 3. The van der Waals surface area contributed by atoms with E-state index in [4.69, 9.17) is 4.74 Å². The van der Waals surface area contributed by atoms with Crippen LogP contribution in [0.25, 0.3) is 0 Å². The van der Waals surface area contributed by atoms with Gasteiger partial charge in [0.25, 0.3) is 0 Å². The number of nitrogens with zero attached hydrogens (tertiary/aromatic N) is 2. The maximum Gasteiger partial charge on any atom is 0.191 e. The van der Waals surface area contributed by atoms with Gasteiger partial charge in [0, 0.05) is 36.3 Å². The highest BCUT2D eigenvalue weighted by Crippen LogP contribution is 2.35. The molecule has 1 saturated heterocycles. The molecule has 0 amide bonds. The van der Waals surface area contributed by atoms with E-state index in [1.165, 1.54) is 0 Å². The molecule has 1 heterocycles. The Balaban J connectivity index is 1.94. The Labute approximate surface area is 212 Å². The van der Waals surface area contributed by atoms with E-state index in [1.807, 2.05) is 18.2 Å². The largest absolute Gasteiger partial charge is 0.379 e. The molecule has 3 aromatic rings. The third-order valence-electron chi connectivity index (χ3n) is 6.89. The molecule has 0 N–H and O–H groups in total. The van der Waals surface area contributed by atoms with Crippen LogP contribution in [0, 0.1) is 5.92 Å². The van der Waals surface area contributed by atoms with Crippen molar-refractivity contribution in [3.63, 3.8) is 0 Å². The molecule has 6 nitrogen and oxygen atoms in total. The molecule has 0 aromatic heterocycles. The normalized spacial score (nSPS) is 15.4. The lowest BCUT2D eigenvalue weighted by molar-refractivity contribution is 0.00949. The zero-order valence-corrected chi connectivity index (χ0v) is 20.8. The first-order valence-corrected chi connectivity index (χ1v) is 12.2. The third kappa shape index (κ3) is 5.07. The van der Waals surface area contributed by atoms with Gasteiger partial charge in [-0.1, -0.05) is 91.0 Å². The molecule has 1 unspecified atom stereocenters. The number of rotatable bonds is 10. The number of likely N-dealkylation sites (N-methyl/N-ethyl adjacent to an activating group) is 1. The van der Waals surface area contributed by atoms with E-state index in [-0.39, 0.29) is 23.9 Å². The summed E-state index contributed by atoms with van der Waals surface area (Å²) in [6.07, 6.45) is 0. The van der Waals surface area contributed by atoms with Crippen molar-refractivity contribution in [2.75, 3.05) is 46.9 Å². The molecule has 1 fully saturated rings. The summed E-state index contributed by atoms with van der Waals surface area (Å²) in [4.78, 5) is 47.0. The summed E-state index contributed by atoms with van der Waals surface area (Å²) in [5.41, 5.74) is -0.496. The van der Waals surface area contributed by atoms with E-state index in [1.54, 1.807) is 91.8 Å². The highest BCUT2D eigenvalue weighted by molar-refractivity contribution is 6.26. The van der Waals surface area contributed by atoms with Gasteiger partial charge in [-0.25, -0.2) is 0 Å². The van der Waals surface area contributed by atoms with Crippen molar-refractivity contribution in [3.8, 4) is 0 Å². The number of carbonyl (C=O) groups excluding carboxylic acids is 3. The van der Waals surface area contributed by atoms with E-state index >= 15 is 0 Å². The molecule has 3 aromatic carbocycles. The van der Waals surface area contributed by atoms with Crippen molar-refractivity contribution in [3.05, 3.63) is 108 Å². The molecule has 36 heavy (non-hydrogen) atoms. The van der Waals surface area contributed by atoms with Crippen LogP contribution in [0.15, 0.2) is 91.0 Å². The molecule has 1 atom stereocenters. The van der Waals surface area contributed by atoms with Crippen molar-refractivity contribution < 1.29 is 19.1 Å². The van der Waals surface area contributed by atoms with E-state index in [0.717, 1.165) is 0 Å². The summed E-state index contributed by atoms with van der Waals surface area (Å²) >= 11 is 0. The molecule has 0 radical (unpaired) electrons. The van der Waals surface area contributed by atoms with Gasteiger partial charge in [0.2, 0.25) is 0 Å². The molecule has 0 aliphatic carbocycles. The van der Waals surface area contributed by atoms with Gasteiger partial charge in [-0.05, 0) is 14.1 Å². The summed E-state index contributed by atoms with van der Waals surface area (Å²) in [7, 11) is 3.43. The summed E-state index contributed by atoms with van der Waals surface area (Å²) < 4.78 is 5.52. The van der Waals surface area contributed by atoms with Crippen molar-refractivity contribution >= 4 is 17.3 Å². The van der Waals surface area contributed by atoms with Crippen LogP contribution in [0.3, 0.4) is 0 Å². The van der Waals surface area contributed by atoms with E-state index in [2.05, 4.69) is 4.90 Å². The summed E-state index contributed by atoms with van der Waals surface area (Å²) in [5, 5.41) is 0. The Morgan fingerprint density at radius 3 is 1.58 bits per heavy atom. The fourth-order valence-corrected chi connectivity index (χ4v) is 5.01. The van der Waals surface area contributed by atoms with Gasteiger partial charge in [-0.2, -0.15) is 0 Å². The second-order valence-corrected chi connectivity index (χ2v) is 9.25. The van der Waals surface area contributed by atoms with Crippen molar-refractivity contribution in [2.24, 2.45) is 5.92 Å². The van der Waals surface area contributed by atoms with E-state index in [0.29, 0.717) is 43.0 Å². The van der Waals surface area contributed by atoms with Gasteiger partial charge in [-0.3, -0.25) is 24.2 Å². The van der Waals surface area contributed by atoms with Crippen LogP contribution in [-0.2, 0) is 4.74 Å². The average Bonchev–Trinajstić information content (AvgIpc) is 2.94. The molecular weight excluding hydrogens is 452 g/mol. The first-order chi connectivity index (χ1) is 17.5. The molecule has 1 aliphatic rings. The fourth-order valence-electron chi connectivity index (χ4n) is 5.01. The lowest BCUT2D eigenvalue weighted by Gasteiger charge is -2.44. The molecule has 0 bridgehead atoms. The second-order valence-electron chi connectivity index (χ2n) is 9.25. The molecule has 1 aliphatic heterocycles. The Bertz CT molecular complexity index is 1120. The van der Waals surface area contributed by atoms with E-state index < -0.39 is 11.5 Å². The summed E-state index contributed by atoms with van der Waals surface area (Å²) in [5.74, 6) is -1.95. The van der Waals surface area contributed by atoms with E-state index in [9.17, 15) is 14.4 Å². The predicted octanol–water partition coefficient (Wildman–Crippen LogP) is 3.88. The van der Waals surface area contributed by atoms with Crippen LogP contribution in [-0.4, -0.2) is 79.6 Å². The minimum Gasteiger partial charge on any atom is -0.379 e. The summed E-state index contributed by atoms with van der Waals surface area (Å²) in [6, 6.07) is 26.5. The Morgan fingerprint density at radius 2 is 1.17 bits per heavy atom. The maximum absolute atomic E-state index is 14.5. The van der Waals surface area contributed by atoms with Crippen molar-refractivity contribution in [1.82, 2.24) is 9.80 Å². The fraction of sp³-hybridized carbons (Fsp3) is 0.300. The minimum atomic E-state index is -1.76. The number of Topliss-reactive ketones (excluding diaryl/α,β-unsaturated/α-hetero) is 3. The lowest BCUT2D eigenvalue weighted by Crippen LogP contribution is -2.66. The van der Waals surface area contributed by atoms with Crippen molar-refractivity contribution in [1.29, 1.82) is 0 Å². The molecule has 4 rings (SSSR count). The molecule has 186 valence electrons. The van der Waals surface area contributed by atoms with Gasteiger partial charge in [0.1, 0.15) is 0 Å². The maximum atomic E-state index is 14.5. The monoisotopic (exact) mass is 484 g/mol. The van der Waals surface area contributed by atoms with Crippen LogP contribution in [0.1, 0.15) is 31.1 Å². The van der Waals surface area contributed by atoms with Gasteiger partial charge in [-0.15, -0.1) is 0 Å². The number of hydrogen-bond acceptors (Lipinski definition) is 6. The summed E-state index contributed by atoms with van der Waals surface area (Å²) in [6.45, 7) is 2.59. The first kappa shape index (κ1) is 25.6. The predicted molar refractivity (Wildman–Crippen MR) is 139 cm³/mol. The Morgan fingerprint density at radius 1 is 0.750 bits per heavy atom. The molecule has 6 heteroatoms. The van der Waals surface area contributed by atoms with Crippen LogP contribution >= 0.6 is 0 Å². The van der Waals surface area contributed by atoms with Crippen LogP contribution in [0.4, 0.5) is 0 Å².